The number of rotatable bonds is 1. The molecule has 68 valence electrons. The Bertz CT molecular complexity index is 436. The van der Waals surface area contributed by atoms with Crippen LogP contribution in [0.3, 0.4) is 0 Å². The number of thiazole rings is 1. The first-order chi connectivity index (χ1) is 6.18. The molecule has 4 heteroatoms. The second-order valence-electron chi connectivity index (χ2n) is 2.73. The topological polar surface area (TPSA) is 12.9 Å². The van der Waals surface area contributed by atoms with Crippen molar-refractivity contribution in [1.82, 2.24) is 4.98 Å². The van der Waals surface area contributed by atoms with Crippen LogP contribution in [0.2, 0.25) is 0 Å². The lowest BCUT2D eigenvalue weighted by Crippen LogP contribution is -1.82. The van der Waals surface area contributed by atoms with Crippen molar-refractivity contribution in [3.05, 3.63) is 28.8 Å². The van der Waals surface area contributed by atoms with Crippen molar-refractivity contribution in [3.8, 4) is 0 Å². The van der Waals surface area contributed by atoms with Crippen LogP contribution in [-0.2, 0) is 0 Å². The van der Waals surface area contributed by atoms with Gasteiger partial charge in [0.2, 0.25) is 0 Å². The van der Waals surface area contributed by atoms with Gasteiger partial charge in [0.15, 0.2) is 0 Å². The molecule has 0 aliphatic carbocycles. The molecule has 13 heavy (non-hydrogen) atoms. The minimum absolute atomic E-state index is 0.0862. The highest BCUT2D eigenvalue weighted by Crippen LogP contribution is 2.31. The van der Waals surface area contributed by atoms with Crippen molar-refractivity contribution in [1.29, 1.82) is 0 Å². The molecule has 0 unspecified atom stereocenters. The first-order valence-corrected chi connectivity index (χ1v) is 4.64. The van der Waals surface area contributed by atoms with Gasteiger partial charge in [0.1, 0.15) is 0 Å². The molecule has 1 aromatic heterocycles. The monoisotopic (exact) mass is 199 g/mol. The van der Waals surface area contributed by atoms with Crippen LogP contribution in [0.4, 0.5) is 8.78 Å². The highest BCUT2D eigenvalue weighted by Gasteiger charge is 2.13. The smallest absolute Gasteiger partial charge is 0.242 e. The van der Waals surface area contributed by atoms with Gasteiger partial charge < -0.3 is 0 Å². The molecule has 1 heterocycles. The van der Waals surface area contributed by atoms with E-state index in [1.807, 2.05) is 6.92 Å². The molecule has 0 amide bonds. The van der Waals surface area contributed by atoms with Crippen molar-refractivity contribution < 1.29 is 8.78 Å². The number of alkyl halides is 2. The predicted octanol–water partition coefficient (Wildman–Crippen LogP) is 3.54. The summed E-state index contributed by atoms with van der Waals surface area (Å²) in [5.74, 6) is 0. The zero-order chi connectivity index (χ0) is 9.42. The molecule has 0 aliphatic heterocycles. The molecule has 0 aliphatic rings. The van der Waals surface area contributed by atoms with Crippen LogP contribution in [0.15, 0.2) is 18.2 Å². The van der Waals surface area contributed by atoms with Crippen molar-refractivity contribution in [2.75, 3.05) is 0 Å². The van der Waals surface area contributed by atoms with E-state index in [4.69, 9.17) is 0 Å². The van der Waals surface area contributed by atoms with Crippen molar-refractivity contribution >= 4 is 21.6 Å². The zero-order valence-corrected chi connectivity index (χ0v) is 7.74. The minimum Gasteiger partial charge on any atom is -0.242 e. The van der Waals surface area contributed by atoms with E-state index in [0.29, 0.717) is 10.2 Å². The number of aryl methyl sites for hydroxylation is 1. The minimum atomic E-state index is -2.41. The Morgan fingerprint density at radius 1 is 1.38 bits per heavy atom. The van der Waals surface area contributed by atoms with E-state index in [1.165, 1.54) is 17.4 Å². The van der Waals surface area contributed by atoms with Crippen LogP contribution < -0.4 is 0 Å². The fourth-order valence-electron chi connectivity index (χ4n) is 1.25. The lowest BCUT2D eigenvalue weighted by atomic mass is 10.2. The quantitative estimate of drug-likeness (QED) is 0.684. The molecule has 2 aromatic rings. The lowest BCUT2D eigenvalue weighted by molar-refractivity contribution is 0.153. The summed E-state index contributed by atoms with van der Waals surface area (Å²) < 4.78 is 25.6. The zero-order valence-electron chi connectivity index (χ0n) is 6.92. The van der Waals surface area contributed by atoms with Crippen molar-refractivity contribution in [2.24, 2.45) is 0 Å². The van der Waals surface area contributed by atoms with Crippen LogP contribution in [0.5, 0.6) is 0 Å². The molecule has 2 rings (SSSR count). The fourth-order valence-corrected chi connectivity index (χ4v) is 2.19. The third kappa shape index (κ3) is 1.42. The van der Waals surface area contributed by atoms with Crippen molar-refractivity contribution in [2.45, 2.75) is 13.3 Å². The maximum absolute atomic E-state index is 12.5. The van der Waals surface area contributed by atoms with Crippen LogP contribution in [-0.4, -0.2) is 4.98 Å². The summed E-state index contributed by atoms with van der Waals surface area (Å²) in [4.78, 5) is 4.14. The summed E-state index contributed by atoms with van der Waals surface area (Å²) in [5, 5.41) is 0.822. The van der Waals surface area contributed by atoms with Gasteiger partial charge in [-0.05, 0) is 13.0 Å². The standard InChI is InChI=1S/C9H7F2NS/c1-5-12-7-4-2-3-6(9(10)11)8(7)13-5/h2-4,9H,1H3. The van der Waals surface area contributed by atoms with Gasteiger partial charge in [0, 0.05) is 5.56 Å². The van der Waals surface area contributed by atoms with Crippen LogP contribution in [0, 0.1) is 6.92 Å². The van der Waals surface area contributed by atoms with Crippen LogP contribution >= 0.6 is 11.3 Å². The molecule has 1 aromatic carbocycles. The molecule has 0 saturated carbocycles. The molecule has 0 fully saturated rings. The lowest BCUT2D eigenvalue weighted by Gasteiger charge is -1.98. The van der Waals surface area contributed by atoms with E-state index in [9.17, 15) is 8.78 Å². The third-order valence-electron chi connectivity index (χ3n) is 1.79. The Labute approximate surface area is 78.0 Å². The first kappa shape index (κ1) is 8.56. The number of hydrogen-bond donors (Lipinski definition) is 0. The SMILES string of the molecule is Cc1nc2cccc(C(F)F)c2s1. The van der Waals surface area contributed by atoms with E-state index < -0.39 is 6.43 Å². The predicted molar refractivity (Wildman–Crippen MR) is 49.3 cm³/mol. The average molecular weight is 199 g/mol. The number of halogens is 2. The fraction of sp³-hybridized carbons (Fsp3) is 0.222. The molecule has 0 bridgehead atoms. The van der Waals surface area contributed by atoms with Gasteiger partial charge >= 0.3 is 0 Å². The second-order valence-corrected chi connectivity index (χ2v) is 3.93. The number of aromatic nitrogens is 1. The van der Waals surface area contributed by atoms with Gasteiger partial charge in [-0.25, -0.2) is 13.8 Å². The van der Waals surface area contributed by atoms with Crippen LogP contribution in [0.25, 0.3) is 10.2 Å². The maximum atomic E-state index is 12.5. The molecule has 0 saturated heterocycles. The highest BCUT2D eigenvalue weighted by molar-refractivity contribution is 7.18. The first-order valence-electron chi connectivity index (χ1n) is 3.82. The van der Waals surface area contributed by atoms with E-state index in [0.717, 1.165) is 5.01 Å². The molecule has 0 radical (unpaired) electrons. The number of benzene rings is 1. The number of nitrogens with zero attached hydrogens (tertiary/aromatic N) is 1. The Morgan fingerprint density at radius 3 is 2.85 bits per heavy atom. The summed E-state index contributed by atoms with van der Waals surface area (Å²) in [6.07, 6.45) is -2.41. The molecular weight excluding hydrogens is 192 g/mol. The van der Waals surface area contributed by atoms with Crippen molar-refractivity contribution in [3.63, 3.8) is 0 Å². The molecule has 0 N–H and O–H groups in total. The van der Waals surface area contributed by atoms with Gasteiger partial charge in [-0.3, -0.25) is 0 Å². The maximum Gasteiger partial charge on any atom is 0.265 e. The molecule has 0 atom stereocenters. The molecule has 0 spiro atoms. The largest absolute Gasteiger partial charge is 0.265 e. The number of fused-ring (bicyclic) bond motifs is 1. The summed E-state index contributed by atoms with van der Waals surface area (Å²) in [6.45, 7) is 1.82. The Balaban J connectivity index is 2.75. The van der Waals surface area contributed by atoms with Gasteiger partial charge in [-0.2, -0.15) is 0 Å². The summed E-state index contributed by atoms with van der Waals surface area (Å²) in [5.41, 5.74) is 0.753. The number of hydrogen-bond acceptors (Lipinski definition) is 2. The normalized spacial score (nSPS) is 11.4. The van der Waals surface area contributed by atoms with Gasteiger partial charge in [0.05, 0.1) is 15.2 Å². The molecular formula is C9H7F2NS. The van der Waals surface area contributed by atoms with E-state index in [1.54, 1.807) is 12.1 Å². The molecule has 1 nitrogen and oxygen atoms in total. The van der Waals surface area contributed by atoms with E-state index in [-0.39, 0.29) is 5.56 Å². The Kier molecular flexibility index (Phi) is 2.00. The third-order valence-corrected chi connectivity index (χ3v) is 2.82. The Morgan fingerprint density at radius 2 is 2.15 bits per heavy atom. The van der Waals surface area contributed by atoms with E-state index in [2.05, 4.69) is 4.98 Å². The van der Waals surface area contributed by atoms with Gasteiger partial charge in [-0.1, -0.05) is 12.1 Å². The van der Waals surface area contributed by atoms with Gasteiger partial charge in [0.25, 0.3) is 6.43 Å². The summed E-state index contributed by atoms with van der Waals surface area (Å²) >= 11 is 1.32. The average Bonchev–Trinajstić information content (AvgIpc) is 2.43. The van der Waals surface area contributed by atoms with Gasteiger partial charge in [-0.15, -0.1) is 11.3 Å². The summed E-state index contributed by atoms with van der Waals surface area (Å²) in [7, 11) is 0. The van der Waals surface area contributed by atoms with Crippen LogP contribution in [0.1, 0.15) is 17.0 Å². The van der Waals surface area contributed by atoms with E-state index >= 15 is 0 Å². The second kappa shape index (κ2) is 3.03. The highest BCUT2D eigenvalue weighted by atomic mass is 32.1. The Hall–Kier alpha value is -1.03. The summed E-state index contributed by atoms with van der Waals surface area (Å²) in [6, 6.07) is 4.82.